The number of carboxylic acids is 1. The average molecular weight is 397 g/mol. The highest BCUT2D eigenvalue weighted by atomic mass is 16.4. The van der Waals surface area contributed by atoms with E-state index in [0.717, 1.165) is 0 Å². The number of carbonyl (C=O) groups is 5. The molecule has 0 aromatic carbocycles. The fourth-order valence-corrected chi connectivity index (χ4v) is 2.08. The summed E-state index contributed by atoms with van der Waals surface area (Å²) in [7, 11) is 0. The van der Waals surface area contributed by atoms with Gasteiger partial charge in [0, 0.05) is 18.3 Å². The van der Waals surface area contributed by atoms with Crippen LogP contribution < -0.4 is 27.4 Å². The summed E-state index contributed by atoms with van der Waals surface area (Å²) in [6, 6.07) is -3.40. The summed E-state index contributed by atoms with van der Waals surface area (Å²) in [6.07, 6.45) is 2.57. The van der Waals surface area contributed by atoms with E-state index in [2.05, 4.69) is 25.9 Å². The third kappa shape index (κ3) is 7.82. The predicted molar refractivity (Wildman–Crippen MR) is 94.3 cm³/mol. The molecule has 1 rings (SSSR count). The van der Waals surface area contributed by atoms with Gasteiger partial charge in [0.15, 0.2) is 0 Å². The van der Waals surface area contributed by atoms with Crippen molar-refractivity contribution in [3.8, 4) is 0 Å². The van der Waals surface area contributed by atoms with E-state index in [1.807, 2.05) is 0 Å². The summed E-state index contributed by atoms with van der Waals surface area (Å²) < 4.78 is 0. The van der Waals surface area contributed by atoms with Gasteiger partial charge in [-0.15, -0.1) is 0 Å². The Kier molecular flexibility index (Phi) is 8.55. The second-order valence-corrected chi connectivity index (χ2v) is 5.96. The lowest BCUT2D eigenvalue weighted by atomic mass is 10.1. The van der Waals surface area contributed by atoms with Gasteiger partial charge in [0.05, 0.1) is 25.3 Å². The van der Waals surface area contributed by atoms with Crippen LogP contribution in [-0.2, 0) is 30.4 Å². The largest absolute Gasteiger partial charge is 0.480 e. The first-order chi connectivity index (χ1) is 13.1. The van der Waals surface area contributed by atoms with Gasteiger partial charge in [-0.25, -0.2) is 9.78 Å². The molecule has 0 saturated heterocycles. The number of hydrogen-bond donors (Lipinski definition) is 7. The van der Waals surface area contributed by atoms with E-state index >= 15 is 0 Å². The zero-order chi connectivity index (χ0) is 21.3. The number of H-pyrrole nitrogens is 1. The van der Waals surface area contributed by atoms with Crippen LogP contribution in [0.5, 0.6) is 0 Å². The van der Waals surface area contributed by atoms with E-state index in [9.17, 15) is 24.0 Å². The molecule has 0 aliphatic rings. The topological polar surface area (TPSA) is 222 Å². The number of nitrogens with two attached hydrogens (primary N) is 2. The van der Waals surface area contributed by atoms with Gasteiger partial charge in [-0.3, -0.25) is 19.2 Å². The first-order valence-corrected chi connectivity index (χ1v) is 8.21. The standard InChI is InChI=1S/C15H23N7O6/c1-7(21-14(26)9(16)2-8-4-18-6-20-8)13(25)19-5-12(24)22-10(15(27)28)3-11(17)23/h4,6-7,9-10H,2-3,5,16H2,1H3,(H2,17,23)(H,18,20)(H,19,25)(H,21,26)(H,22,24)(H,27,28). The summed E-state index contributed by atoms with van der Waals surface area (Å²) >= 11 is 0. The lowest BCUT2D eigenvalue weighted by Gasteiger charge is -2.17. The average Bonchev–Trinajstić information content (AvgIpc) is 3.11. The zero-order valence-electron chi connectivity index (χ0n) is 15.1. The number of aliphatic carboxylic acids is 1. The number of primary amides is 1. The molecule has 0 saturated carbocycles. The quantitative estimate of drug-likeness (QED) is 0.197. The van der Waals surface area contributed by atoms with E-state index < -0.39 is 60.7 Å². The highest BCUT2D eigenvalue weighted by Gasteiger charge is 2.24. The van der Waals surface area contributed by atoms with Crippen molar-refractivity contribution in [3.05, 3.63) is 18.2 Å². The number of aromatic amines is 1. The van der Waals surface area contributed by atoms with Gasteiger partial charge in [-0.1, -0.05) is 0 Å². The van der Waals surface area contributed by atoms with E-state index in [0.29, 0.717) is 5.69 Å². The summed E-state index contributed by atoms with van der Waals surface area (Å²) in [4.78, 5) is 64.0. The van der Waals surface area contributed by atoms with Crippen LogP contribution in [0, 0.1) is 0 Å². The Bertz CT molecular complexity index is 720. The molecule has 0 fully saturated rings. The minimum Gasteiger partial charge on any atom is -0.480 e. The smallest absolute Gasteiger partial charge is 0.326 e. The van der Waals surface area contributed by atoms with Crippen LogP contribution in [0.15, 0.2) is 12.5 Å². The van der Waals surface area contributed by atoms with Crippen molar-refractivity contribution in [1.29, 1.82) is 0 Å². The third-order valence-electron chi connectivity index (χ3n) is 3.55. The summed E-state index contributed by atoms with van der Waals surface area (Å²) in [6.45, 7) is 0.836. The fourth-order valence-electron chi connectivity index (χ4n) is 2.08. The van der Waals surface area contributed by atoms with Gasteiger partial charge in [0.2, 0.25) is 23.6 Å². The molecule has 9 N–H and O–H groups in total. The van der Waals surface area contributed by atoms with Gasteiger partial charge in [-0.2, -0.15) is 0 Å². The minimum atomic E-state index is -1.50. The number of rotatable bonds is 11. The molecule has 0 spiro atoms. The summed E-state index contributed by atoms with van der Waals surface area (Å²) in [5.74, 6) is -4.44. The number of aromatic nitrogens is 2. The molecule has 154 valence electrons. The number of imidazole rings is 1. The predicted octanol–water partition coefficient (Wildman–Crippen LogP) is -3.65. The molecule has 0 radical (unpaired) electrons. The molecule has 4 amide bonds. The number of nitrogens with zero attached hydrogens (tertiary/aromatic N) is 1. The van der Waals surface area contributed by atoms with Crippen LogP contribution in [0.2, 0.25) is 0 Å². The van der Waals surface area contributed by atoms with Crippen molar-refractivity contribution in [2.24, 2.45) is 11.5 Å². The van der Waals surface area contributed by atoms with Crippen molar-refractivity contribution in [2.75, 3.05) is 6.54 Å². The summed E-state index contributed by atoms with van der Waals surface area (Å²) in [5.41, 5.74) is 11.3. The molecule has 28 heavy (non-hydrogen) atoms. The van der Waals surface area contributed by atoms with Crippen LogP contribution in [0.4, 0.5) is 0 Å². The lowest BCUT2D eigenvalue weighted by Crippen LogP contribution is -2.53. The summed E-state index contributed by atoms with van der Waals surface area (Å²) in [5, 5.41) is 15.6. The Labute approximate surface area is 159 Å². The van der Waals surface area contributed by atoms with Crippen LogP contribution >= 0.6 is 0 Å². The van der Waals surface area contributed by atoms with E-state index in [1.165, 1.54) is 19.4 Å². The Morgan fingerprint density at radius 1 is 1.21 bits per heavy atom. The maximum absolute atomic E-state index is 12.0. The second kappa shape index (κ2) is 10.6. The van der Waals surface area contributed by atoms with Crippen molar-refractivity contribution in [2.45, 2.75) is 37.9 Å². The molecule has 13 nitrogen and oxygen atoms in total. The Hall–Kier alpha value is -3.48. The highest BCUT2D eigenvalue weighted by Crippen LogP contribution is 1.97. The first kappa shape index (κ1) is 22.6. The molecule has 13 heteroatoms. The molecule has 1 heterocycles. The third-order valence-corrected chi connectivity index (χ3v) is 3.55. The van der Waals surface area contributed by atoms with Crippen LogP contribution in [0.3, 0.4) is 0 Å². The molecule has 1 aromatic rings. The van der Waals surface area contributed by atoms with Gasteiger partial charge in [-0.05, 0) is 6.92 Å². The normalized spacial score (nSPS) is 13.6. The van der Waals surface area contributed by atoms with Crippen LogP contribution in [0.1, 0.15) is 19.0 Å². The first-order valence-electron chi connectivity index (χ1n) is 8.21. The zero-order valence-corrected chi connectivity index (χ0v) is 15.1. The number of nitrogens with one attached hydrogen (secondary N) is 4. The van der Waals surface area contributed by atoms with Crippen molar-refractivity contribution in [3.63, 3.8) is 0 Å². The molecular formula is C15H23N7O6. The van der Waals surface area contributed by atoms with Crippen molar-refractivity contribution < 1.29 is 29.1 Å². The number of amides is 4. The van der Waals surface area contributed by atoms with Gasteiger partial charge < -0.3 is 37.5 Å². The maximum Gasteiger partial charge on any atom is 0.326 e. The van der Waals surface area contributed by atoms with Gasteiger partial charge in [0.1, 0.15) is 12.1 Å². The molecule has 3 unspecified atom stereocenters. The molecular weight excluding hydrogens is 374 g/mol. The van der Waals surface area contributed by atoms with Crippen molar-refractivity contribution >= 4 is 29.6 Å². The minimum absolute atomic E-state index is 0.193. The molecule has 0 bridgehead atoms. The Balaban J connectivity index is 2.42. The molecule has 1 aromatic heterocycles. The number of hydrogen-bond acceptors (Lipinski definition) is 7. The monoisotopic (exact) mass is 397 g/mol. The van der Waals surface area contributed by atoms with Crippen LogP contribution in [0.25, 0.3) is 0 Å². The maximum atomic E-state index is 12.0. The number of carboxylic acid groups (broad SMARTS) is 1. The molecule has 0 aliphatic heterocycles. The second-order valence-electron chi connectivity index (χ2n) is 5.96. The molecule has 3 atom stereocenters. The van der Waals surface area contributed by atoms with Crippen molar-refractivity contribution in [1.82, 2.24) is 25.9 Å². The van der Waals surface area contributed by atoms with E-state index in [4.69, 9.17) is 16.6 Å². The number of carbonyl (C=O) groups excluding carboxylic acids is 4. The van der Waals surface area contributed by atoms with Gasteiger partial charge in [0.25, 0.3) is 0 Å². The Morgan fingerprint density at radius 2 is 1.89 bits per heavy atom. The Morgan fingerprint density at radius 3 is 2.43 bits per heavy atom. The molecule has 0 aliphatic carbocycles. The lowest BCUT2D eigenvalue weighted by molar-refractivity contribution is -0.143. The SMILES string of the molecule is CC(NC(=O)C(N)Cc1cnc[nH]1)C(=O)NCC(=O)NC(CC(N)=O)C(=O)O. The van der Waals surface area contributed by atoms with E-state index in [-0.39, 0.29) is 6.42 Å². The van der Waals surface area contributed by atoms with E-state index in [1.54, 1.807) is 0 Å². The highest BCUT2D eigenvalue weighted by molar-refractivity contribution is 5.93. The van der Waals surface area contributed by atoms with Crippen LogP contribution in [-0.4, -0.2) is 69.3 Å². The van der Waals surface area contributed by atoms with Gasteiger partial charge >= 0.3 is 5.97 Å². The fraction of sp³-hybridized carbons (Fsp3) is 0.467.